The SMILES string of the molecule is CCC(CC)NC(=O)[C@@H]1CN(C(C)=O)c2ccccc2O1. The molecule has 114 valence electrons. The number of nitrogens with one attached hydrogen (secondary N) is 1. The summed E-state index contributed by atoms with van der Waals surface area (Å²) in [5, 5.41) is 2.97. The number of nitrogens with zero attached hydrogens (tertiary/aromatic N) is 1. The maximum atomic E-state index is 12.3. The molecule has 0 aromatic heterocycles. The Morgan fingerprint density at radius 3 is 2.62 bits per heavy atom. The van der Waals surface area contributed by atoms with E-state index in [-0.39, 0.29) is 24.4 Å². The number of rotatable bonds is 4. The van der Waals surface area contributed by atoms with E-state index in [0.717, 1.165) is 18.5 Å². The van der Waals surface area contributed by atoms with Crippen molar-refractivity contribution in [2.24, 2.45) is 0 Å². The van der Waals surface area contributed by atoms with E-state index in [4.69, 9.17) is 4.74 Å². The van der Waals surface area contributed by atoms with Crippen molar-refractivity contribution in [3.05, 3.63) is 24.3 Å². The quantitative estimate of drug-likeness (QED) is 0.924. The van der Waals surface area contributed by atoms with Crippen molar-refractivity contribution in [1.82, 2.24) is 5.32 Å². The zero-order valence-electron chi connectivity index (χ0n) is 12.8. The molecule has 2 rings (SSSR count). The number of ether oxygens (including phenoxy) is 1. The van der Waals surface area contributed by atoms with Crippen LogP contribution in [0.3, 0.4) is 0 Å². The summed E-state index contributed by atoms with van der Waals surface area (Å²) >= 11 is 0. The van der Waals surface area contributed by atoms with Crippen molar-refractivity contribution in [2.75, 3.05) is 11.4 Å². The molecule has 0 saturated heterocycles. The van der Waals surface area contributed by atoms with Gasteiger partial charge in [0, 0.05) is 13.0 Å². The second-order valence-electron chi connectivity index (χ2n) is 5.23. The number of anilines is 1. The predicted octanol–water partition coefficient (Wildman–Crippen LogP) is 2.11. The van der Waals surface area contributed by atoms with Gasteiger partial charge in [-0.15, -0.1) is 0 Å². The van der Waals surface area contributed by atoms with E-state index in [1.807, 2.05) is 32.0 Å². The van der Waals surface area contributed by atoms with Crippen LogP contribution in [-0.2, 0) is 9.59 Å². The Kier molecular flexibility index (Phi) is 4.83. The lowest BCUT2D eigenvalue weighted by Gasteiger charge is -2.34. The molecule has 0 bridgehead atoms. The predicted molar refractivity (Wildman–Crippen MR) is 81.4 cm³/mol. The van der Waals surface area contributed by atoms with Crippen molar-refractivity contribution in [2.45, 2.75) is 45.8 Å². The molecule has 1 aliphatic heterocycles. The second kappa shape index (κ2) is 6.61. The number of fused-ring (bicyclic) bond motifs is 1. The van der Waals surface area contributed by atoms with E-state index >= 15 is 0 Å². The van der Waals surface area contributed by atoms with Gasteiger partial charge in [-0.25, -0.2) is 0 Å². The summed E-state index contributed by atoms with van der Waals surface area (Å²) in [5.74, 6) is 0.319. The smallest absolute Gasteiger partial charge is 0.263 e. The molecule has 1 aliphatic rings. The molecule has 1 aromatic carbocycles. The Morgan fingerprint density at radius 1 is 1.33 bits per heavy atom. The Morgan fingerprint density at radius 2 is 2.00 bits per heavy atom. The van der Waals surface area contributed by atoms with Crippen molar-refractivity contribution in [3.8, 4) is 5.75 Å². The van der Waals surface area contributed by atoms with E-state index in [9.17, 15) is 9.59 Å². The molecule has 1 heterocycles. The minimum absolute atomic E-state index is 0.0916. The first-order valence-electron chi connectivity index (χ1n) is 7.41. The third-order valence-corrected chi connectivity index (χ3v) is 3.78. The summed E-state index contributed by atoms with van der Waals surface area (Å²) in [7, 11) is 0. The first-order valence-corrected chi connectivity index (χ1v) is 7.41. The number of amides is 2. The van der Waals surface area contributed by atoms with E-state index in [0.29, 0.717) is 5.75 Å². The summed E-state index contributed by atoms with van der Waals surface area (Å²) in [6.07, 6.45) is 1.09. The van der Waals surface area contributed by atoms with Gasteiger partial charge < -0.3 is 15.0 Å². The lowest BCUT2D eigenvalue weighted by Crippen LogP contribution is -2.52. The number of hydrogen-bond acceptors (Lipinski definition) is 3. The topological polar surface area (TPSA) is 58.6 Å². The lowest BCUT2D eigenvalue weighted by atomic mass is 10.1. The molecule has 21 heavy (non-hydrogen) atoms. The summed E-state index contributed by atoms with van der Waals surface area (Å²) in [4.78, 5) is 25.7. The van der Waals surface area contributed by atoms with Crippen LogP contribution in [0.1, 0.15) is 33.6 Å². The molecule has 0 spiro atoms. The first-order chi connectivity index (χ1) is 10.1. The lowest BCUT2D eigenvalue weighted by molar-refractivity contribution is -0.129. The molecule has 0 unspecified atom stereocenters. The monoisotopic (exact) mass is 290 g/mol. The van der Waals surface area contributed by atoms with Crippen LogP contribution in [0.15, 0.2) is 24.3 Å². The van der Waals surface area contributed by atoms with E-state index in [2.05, 4.69) is 5.32 Å². The summed E-state index contributed by atoms with van der Waals surface area (Å²) in [6.45, 7) is 5.82. The van der Waals surface area contributed by atoms with Gasteiger partial charge in [0.1, 0.15) is 5.75 Å². The highest BCUT2D eigenvalue weighted by molar-refractivity contribution is 5.95. The van der Waals surface area contributed by atoms with Crippen LogP contribution in [0.4, 0.5) is 5.69 Å². The summed E-state index contributed by atoms with van der Waals surface area (Å²) in [5.41, 5.74) is 0.719. The number of carbonyl (C=O) groups is 2. The third-order valence-electron chi connectivity index (χ3n) is 3.78. The maximum absolute atomic E-state index is 12.3. The van der Waals surface area contributed by atoms with Gasteiger partial charge in [-0.3, -0.25) is 9.59 Å². The fourth-order valence-electron chi connectivity index (χ4n) is 2.46. The van der Waals surface area contributed by atoms with Gasteiger partial charge in [-0.05, 0) is 25.0 Å². The zero-order valence-corrected chi connectivity index (χ0v) is 12.8. The van der Waals surface area contributed by atoms with E-state index < -0.39 is 6.10 Å². The largest absolute Gasteiger partial charge is 0.477 e. The van der Waals surface area contributed by atoms with Gasteiger partial charge in [0.25, 0.3) is 5.91 Å². The standard InChI is InChI=1S/C16H22N2O3/c1-4-12(5-2)17-16(20)15-10-18(11(3)19)13-8-6-7-9-14(13)21-15/h6-9,12,15H,4-5,10H2,1-3H3,(H,17,20)/t15-/m0/s1. The molecule has 1 atom stereocenters. The molecular weight excluding hydrogens is 268 g/mol. The fraction of sp³-hybridized carbons (Fsp3) is 0.500. The van der Waals surface area contributed by atoms with Gasteiger partial charge in [0.2, 0.25) is 5.91 Å². The van der Waals surface area contributed by atoms with Crippen LogP contribution in [0.2, 0.25) is 0 Å². The van der Waals surface area contributed by atoms with Gasteiger partial charge in [-0.2, -0.15) is 0 Å². The number of benzene rings is 1. The Labute approximate surface area is 125 Å². The number of para-hydroxylation sites is 2. The average Bonchev–Trinajstić information content (AvgIpc) is 2.51. The van der Waals surface area contributed by atoms with Crippen LogP contribution >= 0.6 is 0 Å². The molecule has 1 aromatic rings. The van der Waals surface area contributed by atoms with Crippen molar-refractivity contribution >= 4 is 17.5 Å². The average molecular weight is 290 g/mol. The van der Waals surface area contributed by atoms with Crippen LogP contribution in [0.5, 0.6) is 5.75 Å². The van der Waals surface area contributed by atoms with Gasteiger partial charge >= 0.3 is 0 Å². The minimum Gasteiger partial charge on any atom is -0.477 e. The normalized spacial score (nSPS) is 17.1. The van der Waals surface area contributed by atoms with E-state index in [1.54, 1.807) is 11.0 Å². The summed E-state index contributed by atoms with van der Waals surface area (Å²) < 4.78 is 5.76. The summed E-state index contributed by atoms with van der Waals surface area (Å²) in [6, 6.07) is 7.43. The number of carbonyl (C=O) groups excluding carboxylic acids is 2. The van der Waals surface area contributed by atoms with Crippen molar-refractivity contribution < 1.29 is 14.3 Å². The van der Waals surface area contributed by atoms with Crippen LogP contribution < -0.4 is 15.0 Å². The molecule has 0 fully saturated rings. The van der Waals surface area contributed by atoms with Crippen molar-refractivity contribution in [1.29, 1.82) is 0 Å². The maximum Gasteiger partial charge on any atom is 0.263 e. The molecule has 0 aliphatic carbocycles. The number of hydrogen-bond donors (Lipinski definition) is 1. The van der Waals surface area contributed by atoms with Gasteiger partial charge in [0.05, 0.1) is 12.2 Å². The minimum atomic E-state index is -0.663. The van der Waals surface area contributed by atoms with E-state index in [1.165, 1.54) is 6.92 Å². The highest BCUT2D eigenvalue weighted by atomic mass is 16.5. The van der Waals surface area contributed by atoms with Crippen LogP contribution in [-0.4, -0.2) is 30.5 Å². The fourth-order valence-corrected chi connectivity index (χ4v) is 2.46. The first kappa shape index (κ1) is 15.4. The Balaban J connectivity index is 2.17. The van der Waals surface area contributed by atoms with Gasteiger partial charge in [-0.1, -0.05) is 26.0 Å². The van der Waals surface area contributed by atoms with Crippen LogP contribution in [0, 0.1) is 0 Å². The molecular formula is C16H22N2O3. The highest BCUT2D eigenvalue weighted by Crippen LogP contribution is 2.33. The molecule has 1 N–H and O–H groups in total. The van der Waals surface area contributed by atoms with Crippen molar-refractivity contribution in [3.63, 3.8) is 0 Å². The Bertz CT molecular complexity index is 526. The molecule has 2 amide bonds. The Hall–Kier alpha value is -2.04. The zero-order chi connectivity index (χ0) is 15.4. The van der Waals surface area contributed by atoms with Gasteiger partial charge in [0.15, 0.2) is 6.10 Å². The second-order valence-corrected chi connectivity index (χ2v) is 5.23. The molecule has 5 heteroatoms. The molecule has 0 radical (unpaired) electrons. The highest BCUT2D eigenvalue weighted by Gasteiger charge is 2.32. The molecule has 0 saturated carbocycles. The molecule has 5 nitrogen and oxygen atoms in total. The third kappa shape index (κ3) is 3.35. The van der Waals surface area contributed by atoms with Crippen LogP contribution in [0.25, 0.3) is 0 Å².